The lowest BCUT2D eigenvalue weighted by atomic mass is 10.3. The molecular formula is C11H8N2OS. The largest absolute Gasteiger partial charge is 0.473 e. The molecule has 2 heterocycles. The average molecular weight is 216 g/mol. The fourth-order valence-electron chi connectivity index (χ4n) is 1.09. The van der Waals surface area contributed by atoms with E-state index in [-0.39, 0.29) is 0 Å². The molecule has 0 aliphatic heterocycles. The van der Waals surface area contributed by atoms with E-state index in [1.807, 2.05) is 22.9 Å². The zero-order valence-corrected chi connectivity index (χ0v) is 8.70. The molecule has 0 saturated carbocycles. The molecule has 4 heteroatoms. The molecule has 2 aromatic rings. The smallest absolute Gasteiger partial charge is 0.214 e. The fraction of sp³-hybridized carbons (Fsp3) is 0.0909. The molecule has 74 valence electrons. The number of aromatic nitrogens is 1. The molecule has 0 bridgehead atoms. The van der Waals surface area contributed by atoms with Crippen LogP contribution in [0.25, 0.3) is 0 Å². The van der Waals surface area contributed by atoms with E-state index in [9.17, 15) is 0 Å². The Labute approximate surface area is 91.6 Å². The van der Waals surface area contributed by atoms with Gasteiger partial charge in [-0.1, -0.05) is 0 Å². The number of nitrogens with zero attached hydrogens (tertiary/aromatic N) is 2. The van der Waals surface area contributed by atoms with Gasteiger partial charge in [0, 0.05) is 17.8 Å². The summed E-state index contributed by atoms with van der Waals surface area (Å²) < 4.78 is 5.44. The molecule has 0 amide bonds. The highest BCUT2D eigenvalue weighted by molar-refractivity contribution is 7.07. The maximum atomic E-state index is 8.68. The topological polar surface area (TPSA) is 45.9 Å². The Bertz CT molecular complexity index is 474. The van der Waals surface area contributed by atoms with Gasteiger partial charge in [-0.15, -0.1) is 0 Å². The molecule has 0 unspecified atom stereocenters. The highest BCUT2D eigenvalue weighted by Gasteiger charge is 1.98. The van der Waals surface area contributed by atoms with Crippen LogP contribution in [0.2, 0.25) is 0 Å². The zero-order chi connectivity index (χ0) is 10.5. The minimum Gasteiger partial charge on any atom is -0.473 e. The third-order valence-corrected chi connectivity index (χ3v) is 2.56. The summed E-state index contributed by atoms with van der Waals surface area (Å²) in [5.74, 6) is 0.486. The fourth-order valence-corrected chi connectivity index (χ4v) is 1.74. The summed E-state index contributed by atoms with van der Waals surface area (Å²) in [6.07, 6.45) is 1.57. The van der Waals surface area contributed by atoms with Gasteiger partial charge in [0.05, 0.1) is 11.6 Å². The van der Waals surface area contributed by atoms with Crippen molar-refractivity contribution in [2.24, 2.45) is 0 Å². The van der Waals surface area contributed by atoms with Crippen molar-refractivity contribution in [1.29, 1.82) is 5.26 Å². The maximum Gasteiger partial charge on any atom is 0.214 e. The molecule has 0 spiro atoms. The highest BCUT2D eigenvalue weighted by Crippen LogP contribution is 2.12. The van der Waals surface area contributed by atoms with Crippen LogP contribution < -0.4 is 4.74 Å². The van der Waals surface area contributed by atoms with Crippen LogP contribution in [0, 0.1) is 11.3 Å². The van der Waals surface area contributed by atoms with Crippen LogP contribution in [0.1, 0.15) is 11.1 Å². The quantitative estimate of drug-likeness (QED) is 0.792. The van der Waals surface area contributed by atoms with E-state index in [1.54, 1.807) is 29.7 Å². The Morgan fingerprint density at radius 2 is 2.40 bits per heavy atom. The van der Waals surface area contributed by atoms with Gasteiger partial charge in [-0.3, -0.25) is 0 Å². The van der Waals surface area contributed by atoms with Crippen molar-refractivity contribution in [3.05, 3.63) is 46.3 Å². The number of nitriles is 1. The standard InChI is InChI=1S/C11H8N2OS/c12-6-9-1-3-13-11(5-9)14-7-10-2-4-15-8-10/h1-5,8H,7H2. The van der Waals surface area contributed by atoms with Crippen LogP contribution >= 0.6 is 11.3 Å². The van der Waals surface area contributed by atoms with Crippen molar-refractivity contribution >= 4 is 11.3 Å². The Balaban J connectivity index is 2.02. The molecule has 0 fully saturated rings. The summed E-state index contributed by atoms with van der Waals surface area (Å²) >= 11 is 1.63. The molecule has 2 aromatic heterocycles. The van der Waals surface area contributed by atoms with Crippen molar-refractivity contribution in [1.82, 2.24) is 4.98 Å². The first kappa shape index (κ1) is 9.69. The van der Waals surface area contributed by atoms with E-state index < -0.39 is 0 Å². The Morgan fingerprint density at radius 1 is 1.47 bits per heavy atom. The number of ether oxygens (including phenoxy) is 1. The SMILES string of the molecule is N#Cc1ccnc(OCc2ccsc2)c1. The summed E-state index contributed by atoms with van der Waals surface area (Å²) in [6, 6.07) is 7.32. The Morgan fingerprint density at radius 3 is 3.13 bits per heavy atom. The van der Waals surface area contributed by atoms with E-state index in [4.69, 9.17) is 10.00 Å². The average Bonchev–Trinajstić information content (AvgIpc) is 2.79. The molecule has 0 radical (unpaired) electrons. The van der Waals surface area contributed by atoms with Gasteiger partial charge in [0.15, 0.2) is 0 Å². The van der Waals surface area contributed by atoms with Crippen LogP contribution in [0.4, 0.5) is 0 Å². The minimum absolute atomic E-state index is 0.486. The first-order chi connectivity index (χ1) is 7.38. The molecule has 3 nitrogen and oxygen atoms in total. The van der Waals surface area contributed by atoms with Crippen LogP contribution in [0.3, 0.4) is 0 Å². The van der Waals surface area contributed by atoms with Crippen molar-refractivity contribution in [2.75, 3.05) is 0 Å². The van der Waals surface area contributed by atoms with E-state index in [2.05, 4.69) is 4.98 Å². The summed E-state index contributed by atoms with van der Waals surface area (Å²) in [5, 5.41) is 12.7. The summed E-state index contributed by atoms with van der Waals surface area (Å²) in [5.41, 5.74) is 1.68. The summed E-state index contributed by atoms with van der Waals surface area (Å²) in [6.45, 7) is 0.491. The third kappa shape index (κ3) is 2.55. The summed E-state index contributed by atoms with van der Waals surface area (Å²) in [4.78, 5) is 4.02. The lowest BCUT2D eigenvalue weighted by Crippen LogP contribution is -1.95. The second-order valence-corrected chi connectivity index (χ2v) is 3.69. The molecule has 0 aliphatic rings. The Kier molecular flexibility index (Phi) is 2.96. The van der Waals surface area contributed by atoms with Gasteiger partial charge in [0.2, 0.25) is 5.88 Å². The first-order valence-corrected chi connectivity index (χ1v) is 5.33. The summed E-state index contributed by atoms with van der Waals surface area (Å²) in [7, 11) is 0. The highest BCUT2D eigenvalue weighted by atomic mass is 32.1. The van der Waals surface area contributed by atoms with Crippen molar-refractivity contribution < 1.29 is 4.74 Å². The third-order valence-electron chi connectivity index (χ3n) is 1.83. The molecule has 0 saturated heterocycles. The second-order valence-electron chi connectivity index (χ2n) is 2.91. The van der Waals surface area contributed by atoms with Crippen LogP contribution in [-0.2, 0) is 6.61 Å². The lowest BCUT2D eigenvalue weighted by Gasteiger charge is -2.02. The number of thiophene rings is 1. The second kappa shape index (κ2) is 4.58. The number of pyridine rings is 1. The number of hydrogen-bond donors (Lipinski definition) is 0. The minimum atomic E-state index is 0.486. The van der Waals surface area contributed by atoms with Crippen molar-refractivity contribution in [3.8, 4) is 11.9 Å². The van der Waals surface area contributed by atoms with Gasteiger partial charge in [0.1, 0.15) is 6.61 Å². The monoisotopic (exact) mass is 216 g/mol. The maximum absolute atomic E-state index is 8.68. The van der Waals surface area contributed by atoms with Gasteiger partial charge in [-0.25, -0.2) is 4.98 Å². The molecule has 0 atom stereocenters. The van der Waals surface area contributed by atoms with Crippen LogP contribution in [0.15, 0.2) is 35.2 Å². The van der Waals surface area contributed by atoms with Gasteiger partial charge in [-0.05, 0) is 22.9 Å². The van der Waals surface area contributed by atoms with E-state index >= 15 is 0 Å². The van der Waals surface area contributed by atoms with E-state index in [1.165, 1.54) is 0 Å². The normalized spacial score (nSPS) is 9.53. The van der Waals surface area contributed by atoms with Crippen molar-refractivity contribution in [2.45, 2.75) is 6.61 Å². The molecule has 0 aliphatic carbocycles. The Hall–Kier alpha value is -1.86. The molecule has 0 aromatic carbocycles. The molecule has 2 rings (SSSR count). The molecular weight excluding hydrogens is 208 g/mol. The predicted octanol–water partition coefficient (Wildman–Crippen LogP) is 2.59. The van der Waals surface area contributed by atoms with Crippen molar-refractivity contribution in [3.63, 3.8) is 0 Å². The predicted molar refractivity (Wildman–Crippen MR) is 57.6 cm³/mol. The van der Waals surface area contributed by atoms with Crippen LogP contribution in [0.5, 0.6) is 5.88 Å². The van der Waals surface area contributed by atoms with Gasteiger partial charge in [0.25, 0.3) is 0 Å². The first-order valence-electron chi connectivity index (χ1n) is 4.38. The number of hydrogen-bond acceptors (Lipinski definition) is 4. The van der Waals surface area contributed by atoms with Gasteiger partial charge in [-0.2, -0.15) is 16.6 Å². The van der Waals surface area contributed by atoms with E-state index in [0.717, 1.165) is 5.56 Å². The lowest BCUT2D eigenvalue weighted by molar-refractivity contribution is 0.294. The van der Waals surface area contributed by atoms with E-state index in [0.29, 0.717) is 18.1 Å². The van der Waals surface area contributed by atoms with Gasteiger partial charge < -0.3 is 4.74 Å². The number of rotatable bonds is 3. The zero-order valence-electron chi connectivity index (χ0n) is 7.88. The molecule has 15 heavy (non-hydrogen) atoms. The van der Waals surface area contributed by atoms with Gasteiger partial charge >= 0.3 is 0 Å². The molecule has 0 N–H and O–H groups in total. The van der Waals surface area contributed by atoms with Crippen LogP contribution in [-0.4, -0.2) is 4.98 Å².